The van der Waals surface area contributed by atoms with E-state index in [0.29, 0.717) is 11.1 Å². The average Bonchev–Trinajstić information content (AvgIpc) is 2.54. The van der Waals surface area contributed by atoms with Crippen LogP contribution >= 0.6 is 0 Å². The highest BCUT2D eigenvalue weighted by Crippen LogP contribution is 2.17. The monoisotopic (exact) mass is 337 g/mol. The molecule has 2 aromatic rings. The molecule has 0 aliphatic carbocycles. The topological polar surface area (TPSA) is 72.5 Å². The Morgan fingerprint density at radius 2 is 1.83 bits per heavy atom. The van der Waals surface area contributed by atoms with E-state index in [0.717, 1.165) is 0 Å². The number of benzene rings is 2. The molecular weight excluding hydrogens is 321 g/mol. The van der Waals surface area contributed by atoms with Gasteiger partial charge in [-0.3, -0.25) is 0 Å². The van der Waals surface area contributed by atoms with Crippen molar-refractivity contribution in [2.75, 3.05) is 7.11 Å². The second kappa shape index (κ2) is 6.89. The van der Waals surface area contributed by atoms with Crippen LogP contribution in [0, 0.1) is 12.7 Å². The first kappa shape index (κ1) is 17.1. The van der Waals surface area contributed by atoms with Gasteiger partial charge in [-0.15, -0.1) is 0 Å². The van der Waals surface area contributed by atoms with E-state index in [-0.39, 0.29) is 17.0 Å². The smallest absolute Gasteiger partial charge is 0.338 e. The third-order valence-electron chi connectivity index (χ3n) is 3.30. The molecule has 0 unspecified atom stereocenters. The highest BCUT2D eigenvalue weighted by atomic mass is 32.2. The number of methoxy groups -OCH3 is 1. The van der Waals surface area contributed by atoms with Crippen LogP contribution in [0.15, 0.2) is 47.4 Å². The molecule has 0 bridgehead atoms. The van der Waals surface area contributed by atoms with E-state index in [2.05, 4.69) is 9.46 Å². The summed E-state index contributed by atoms with van der Waals surface area (Å²) in [5.41, 5.74) is 1.43. The van der Waals surface area contributed by atoms with Crippen LogP contribution in [0.3, 0.4) is 0 Å². The molecule has 0 aliphatic rings. The van der Waals surface area contributed by atoms with Crippen molar-refractivity contribution in [3.8, 4) is 0 Å². The maximum Gasteiger partial charge on any atom is 0.338 e. The largest absolute Gasteiger partial charge is 0.465 e. The number of halogens is 1. The van der Waals surface area contributed by atoms with Gasteiger partial charge in [0.25, 0.3) is 0 Å². The molecule has 0 heterocycles. The van der Waals surface area contributed by atoms with E-state index < -0.39 is 21.8 Å². The molecule has 0 aromatic heterocycles. The van der Waals surface area contributed by atoms with E-state index in [1.165, 1.54) is 43.5 Å². The first-order valence-corrected chi connectivity index (χ1v) is 8.25. The summed E-state index contributed by atoms with van der Waals surface area (Å²) in [5.74, 6) is -0.990. The number of nitrogens with one attached hydrogen (secondary N) is 1. The molecule has 0 atom stereocenters. The fraction of sp³-hybridized carbons (Fsp3) is 0.188. The summed E-state index contributed by atoms with van der Waals surface area (Å²) >= 11 is 0. The summed E-state index contributed by atoms with van der Waals surface area (Å²) < 4.78 is 44.5. The van der Waals surface area contributed by atoms with Gasteiger partial charge in [-0.1, -0.05) is 18.2 Å². The van der Waals surface area contributed by atoms with Crippen LogP contribution in [-0.2, 0) is 21.3 Å². The number of hydrogen-bond donors (Lipinski definition) is 1. The fourth-order valence-electron chi connectivity index (χ4n) is 1.96. The standard InChI is InChI=1S/C16H16FNO4S/c1-11-3-8-14(9-15(11)16(19)22-2)23(20,21)18-10-12-4-6-13(17)7-5-12/h3-9,18H,10H2,1-2H3. The zero-order chi connectivity index (χ0) is 17.0. The van der Waals surface area contributed by atoms with Crippen LogP contribution in [0.1, 0.15) is 21.5 Å². The number of sulfonamides is 1. The van der Waals surface area contributed by atoms with Gasteiger partial charge in [-0.2, -0.15) is 0 Å². The Hall–Kier alpha value is -2.25. The summed E-state index contributed by atoms with van der Waals surface area (Å²) in [4.78, 5) is 11.6. The summed E-state index contributed by atoms with van der Waals surface area (Å²) in [7, 11) is -2.57. The van der Waals surface area contributed by atoms with Crippen molar-refractivity contribution in [2.24, 2.45) is 0 Å². The highest BCUT2D eigenvalue weighted by molar-refractivity contribution is 7.89. The maximum atomic E-state index is 12.8. The van der Waals surface area contributed by atoms with Gasteiger partial charge in [-0.25, -0.2) is 22.3 Å². The van der Waals surface area contributed by atoms with Gasteiger partial charge in [0, 0.05) is 6.54 Å². The molecule has 0 fully saturated rings. The Labute approximate surface area is 134 Å². The quantitative estimate of drug-likeness (QED) is 0.851. The Morgan fingerprint density at radius 1 is 1.17 bits per heavy atom. The SMILES string of the molecule is COC(=O)c1cc(S(=O)(=O)NCc2ccc(F)cc2)ccc1C. The van der Waals surface area contributed by atoms with Crippen LogP contribution < -0.4 is 4.72 Å². The van der Waals surface area contributed by atoms with Crippen molar-refractivity contribution in [3.63, 3.8) is 0 Å². The third kappa shape index (κ3) is 4.14. The predicted molar refractivity (Wildman–Crippen MR) is 82.9 cm³/mol. The molecule has 0 radical (unpaired) electrons. The lowest BCUT2D eigenvalue weighted by molar-refractivity contribution is 0.0599. The molecule has 2 aromatic carbocycles. The molecule has 0 amide bonds. The molecule has 0 saturated heterocycles. The molecule has 0 saturated carbocycles. The van der Waals surface area contributed by atoms with Gasteiger partial charge in [0.2, 0.25) is 10.0 Å². The Balaban J connectivity index is 2.22. The number of rotatable bonds is 5. The van der Waals surface area contributed by atoms with Crippen LogP contribution in [0.4, 0.5) is 4.39 Å². The lowest BCUT2D eigenvalue weighted by Gasteiger charge is -2.10. The van der Waals surface area contributed by atoms with Gasteiger partial charge in [-0.05, 0) is 42.3 Å². The highest BCUT2D eigenvalue weighted by Gasteiger charge is 2.18. The molecule has 23 heavy (non-hydrogen) atoms. The Bertz CT molecular complexity index is 816. The molecule has 7 heteroatoms. The Kier molecular flexibility index (Phi) is 5.12. The van der Waals surface area contributed by atoms with E-state index >= 15 is 0 Å². The number of esters is 1. The molecular formula is C16H16FNO4S. The van der Waals surface area contributed by atoms with Crippen LogP contribution in [0.5, 0.6) is 0 Å². The lowest BCUT2D eigenvalue weighted by atomic mass is 10.1. The molecule has 0 spiro atoms. The number of carbonyl (C=O) groups is 1. The van der Waals surface area contributed by atoms with Crippen LogP contribution in [0.2, 0.25) is 0 Å². The van der Waals surface area contributed by atoms with Gasteiger partial charge in [0.05, 0.1) is 17.6 Å². The molecule has 2 rings (SSSR count). The summed E-state index contributed by atoms with van der Waals surface area (Å²) in [6, 6.07) is 9.72. The van der Waals surface area contributed by atoms with Gasteiger partial charge in [0.15, 0.2) is 0 Å². The summed E-state index contributed by atoms with van der Waals surface area (Å²) in [6.07, 6.45) is 0. The summed E-state index contributed by atoms with van der Waals surface area (Å²) in [6.45, 7) is 1.71. The van der Waals surface area contributed by atoms with E-state index in [9.17, 15) is 17.6 Å². The second-order valence-electron chi connectivity index (χ2n) is 4.92. The fourth-order valence-corrected chi connectivity index (χ4v) is 3.01. The number of ether oxygens (including phenoxy) is 1. The van der Waals surface area contributed by atoms with Gasteiger partial charge in [0.1, 0.15) is 5.82 Å². The molecule has 0 aliphatic heterocycles. The van der Waals surface area contributed by atoms with Crippen LogP contribution in [0.25, 0.3) is 0 Å². The van der Waals surface area contributed by atoms with Crippen molar-refractivity contribution in [1.29, 1.82) is 0 Å². The average molecular weight is 337 g/mol. The minimum atomic E-state index is -3.80. The van der Waals surface area contributed by atoms with E-state index in [1.54, 1.807) is 13.0 Å². The lowest BCUT2D eigenvalue weighted by Crippen LogP contribution is -2.23. The maximum absolute atomic E-state index is 12.8. The van der Waals surface area contributed by atoms with Gasteiger partial charge >= 0.3 is 5.97 Å². The number of hydrogen-bond acceptors (Lipinski definition) is 4. The zero-order valence-corrected chi connectivity index (χ0v) is 13.5. The van der Waals surface area contributed by atoms with E-state index in [1.807, 2.05) is 0 Å². The Morgan fingerprint density at radius 3 is 2.43 bits per heavy atom. The van der Waals surface area contributed by atoms with Gasteiger partial charge < -0.3 is 4.74 Å². The van der Waals surface area contributed by atoms with E-state index in [4.69, 9.17) is 0 Å². The minimum Gasteiger partial charge on any atom is -0.465 e. The molecule has 122 valence electrons. The zero-order valence-electron chi connectivity index (χ0n) is 12.7. The van der Waals surface area contributed by atoms with Crippen molar-refractivity contribution in [2.45, 2.75) is 18.4 Å². The number of aryl methyl sites for hydroxylation is 1. The minimum absolute atomic E-state index is 0.0179. The second-order valence-corrected chi connectivity index (χ2v) is 6.69. The third-order valence-corrected chi connectivity index (χ3v) is 4.70. The predicted octanol–water partition coefficient (Wildman–Crippen LogP) is 2.40. The van der Waals surface area contributed by atoms with Crippen molar-refractivity contribution in [3.05, 3.63) is 65.0 Å². The van der Waals surface area contributed by atoms with Crippen LogP contribution in [-0.4, -0.2) is 21.5 Å². The normalized spacial score (nSPS) is 11.3. The molecule has 5 nitrogen and oxygen atoms in total. The first-order valence-electron chi connectivity index (χ1n) is 6.76. The first-order chi connectivity index (χ1) is 10.8. The number of carbonyl (C=O) groups excluding carboxylic acids is 1. The molecule has 1 N–H and O–H groups in total. The van der Waals surface area contributed by atoms with Crippen molar-refractivity contribution >= 4 is 16.0 Å². The summed E-state index contributed by atoms with van der Waals surface area (Å²) in [5, 5.41) is 0. The van der Waals surface area contributed by atoms with Crippen molar-refractivity contribution in [1.82, 2.24) is 4.72 Å². The van der Waals surface area contributed by atoms with Crippen molar-refractivity contribution < 1.29 is 22.3 Å².